The topological polar surface area (TPSA) is 0 Å². The van der Waals surface area contributed by atoms with E-state index in [0.717, 1.165) is 0 Å². The molecule has 0 aromatic heterocycles. The van der Waals surface area contributed by atoms with Crippen molar-refractivity contribution in [2.75, 3.05) is 0 Å². The van der Waals surface area contributed by atoms with E-state index >= 15 is 0 Å². The van der Waals surface area contributed by atoms with E-state index in [1.807, 2.05) is 0 Å². The van der Waals surface area contributed by atoms with Gasteiger partial charge in [0.15, 0.2) is 0 Å². The van der Waals surface area contributed by atoms with Gasteiger partial charge in [-0.2, -0.15) is 0 Å². The van der Waals surface area contributed by atoms with Crippen molar-refractivity contribution in [3.05, 3.63) is 285 Å². The molecular weight excluding hydrogens is 1340 g/mol. The molecule has 4 aliphatic rings. The zero-order valence-electron chi connectivity index (χ0n) is 50.3. The third-order valence-corrected chi connectivity index (χ3v) is 650. The molecule has 0 amide bonds. The van der Waals surface area contributed by atoms with Crippen molar-refractivity contribution in [3.8, 4) is 44.5 Å². The summed E-state index contributed by atoms with van der Waals surface area (Å²) in [5, 5.41) is 5.03. The average molecular weight is 1410 g/mol. The first-order valence-corrected chi connectivity index (χ1v) is 83.0. The van der Waals surface area contributed by atoms with Crippen LogP contribution in [0.4, 0.5) is 0 Å². The maximum absolute atomic E-state index is 11.4. The van der Waals surface area contributed by atoms with E-state index in [9.17, 15) is 17.0 Å². The molecular formula is C78H76Cl2Ge2Zr2. The summed E-state index contributed by atoms with van der Waals surface area (Å²) in [6.45, 7) is 10.1. The van der Waals surface area contributed by atoms with Gasteiger partial charge in [0, 0.05) is 0 Å². The van der Waals surface area contributed by atoms with Crippen LogP contribution < -0.4 is 0 Å². The van der Waals surface area contributed by atoms with Crippen LogP contribution in [0.15, 0.2) is 241 Å². The van der Waals surface area contributed by atoms with Gasteiger partial charge in [-0.1, -0.05) is 0 Å². The molecule has 4 aliphatic carbocycles. The Bertz CT molecular complexity index is 4330. The quantitative estimate of drug-likeness (QED) is 0.113. The normalized spacial score (nSPS) is 19.8. The molecule has 4 unspecified atom stereocenters. The minimum atomic E-state index is -7.21. The second-order valence-electron chi connectivity index (χ2n) is 28.1. The van der Waals surface area contributed by atoms with Gasteiger partial charge in [-0.25, -0.2) is 0 Å². The number of rotatable bonds is 11. The second kappa shape index (κ2) is 19.3. The van der Waals surface area contributed by atoms with Crippen LogP contribution in [0.3, 0.4) is 0 Å². The van der Waals surface area contributed by atoms with Gasteiger partial charge >= 0.3 is 506 Å². The molecule has 0 spiro atoms. The molecule has 0 saturated heterocycles. The van der Waals surface area contributed by atoms with Gasteiger partial charge in [-0.05, 0) is 0 Å². The Morgan fingerprint density at radius 1 is 0.298 bits per heavy atom. The van der Waals surface area contributed by atoms with E-state index < -0.39 is 38.7 Å². The van der Waals surface area contributed by atoms with Crippen LogP contribution in [0, 0.1) is 0 Å². The van der Waals surface area contributed by atoms with Gasteiger partial charge in [0.2, 0.25) is 0 Å². The number of hydrogen-bond donors (Lipinski definition) is 0. The Kier molecular flexibility index (Phi) is 13.1. The third kappa shape index (κ3) is 6.71. The number of fused-ring (bicyclic) bond motifs is 6. The Balaban J connectivity index is 1.21. The molecule has 10 aromatic carbocycles. The predicted octanol–water partition coefficient (Wildman–Crippen LogP) is 23.3. The van der Waals surface area contributed by atoms with Crippen LogP contribution in [0.25, 0.3) is 90.4 Å². The summed E-state index contributed by atoms with van der Waals surface area (Å²) >= 11 is 0. The van der Waals surface area contributed by atoms with Crippen molar-refractivity contribution >= 4 is 84.0 Å². The fraction of sp³-hybridized carbons (Fsp3) is 0.179. The van der Waals surface area contributed by atoms with E-state index in [2.05, 4.69) is 303 Å². The van der Waals surface area contributed by atoms with Crippen LogP contribution in [-0.4, -0.2) is 21.1 Å². The van der Waals surface area contributed by atoms with E-state index in [1.165, 1.54) is 133 Å². The number of halogens is 2. The predicted molar refractivity (Wildman–Crippen MR) is 369 cm³/mol. The molecule has 0 aliphatic heterocycles. The van der Waals surface area contributed by atoms with Crippen LogP contribution in [-0.2, 0) is 17.6 Å². The molecule has 0 bridgehead atoms. The molecule has 0 heterocycles. The second-order valence-corrected chi connectivity index (χ2v) is 259. The van der Waals surface area contributed by atoms with Crippen molar-refractivity contribution < 1.29 is 17.6 Å². The summed E-state index contributed by atoms with van der Waals surface area (Å²) in [4.78, 5) is 0. The zero-order chi connectivity index (χ0) is 58.4. The summed E-state index contributed by atoms with van der Waals surface area (Å²) in [6.07, 6.45) is 10.5. The summed E-state index contributed by atoms with van der Waals surface area (Å²) in [5.74, 6) is 11.2. The Morgan fingerprint density at radius 2 is 0.583 bits per heavy atom. The van der Waals surface area contributed by atoms with Gasteiger partial charge in [-0.15, -0.1) is 0 Å². The molecule has 14 rings (SSSR count). The van der Waals surface area contributed by atoms with Crippen molar-refractivity contribution in [2.24, 2.45) is 0 Å². The van der Waals surface area contributed by atoms with Gasteiger partial charge in [0.25, 0.3) is 0 Å². The van der Waals surface area contributed by atoms with E-state index in [0.29, 0.717) is 0 Å². The van der Waals surface area contributed by atoms with Crippen LogP contribution in [0.1, 0.15) is 86.7 Å². The molecule has 418 valence electrons. The first-order valence-electron chi connectivity index (χ1n) is 30.7. The molecule has 84 heavy (non-hydrogen) atoms. The minimum absolute atomic E-state index is 0.0287. The fourth-order valence-corrected chi connectivity index (χ4v) is 924. The first-order chi connectivity index (χ1) is 40.3. The summed E-state index contributed by atoms with van der Waals surface area (Å²) < 4.78 is 5.85. The average Bonchev–Trinajstić information content (AvgIpc) is 0.932. The van der Waals surface area contributed by atoms with Crippen molar-refractivity contribution in [1.29, 1.82) is 0 Å². The monoisotopic (exact) mass is 1410 g/mol. The number of hydrogen-bond acceptors (Lipinski definition) is 0. The molecule has 0 saturated carbocycles. The summed E-state index contributed by atoms with van der Waals surface area (Å²) in [5.41, 5.74) is 26.8. The van der Waals surface area contributed by atoms with Crippen molar-refractivity contribution in [1.82, 2.24) is 0 Å². The molecule has 6 heteroatoms. The standard InChI is InChI=1S/2C20H15.2C16H13.2C2H7Ge.2CH3.2ClH.2Zr/c2*1-14-12-16-8-5-11-19(20(16)13-14)18-10-4-7-15-6-2-3-9-17(15)18;2*1-12-10-14-8-5-9-15(16(14)11-12)13-6-3-2-4-7-13;2*1-3-2;;;;;;/h2*2-13H,1H3;2*2-11H,1H3;2*3H,1-2H3;2*1H3;2*1H;;/q;;;;;;;;;;;+2/p-2. The molecule has 4 atom stereocenters. The Morgan fingerprint density at radius 3 is 0.952 bits per heavy atom. The summed E-state index contributed by atoms with van der Waals surface area (Å²) in [7, 11) is 2.51. The van der Waals surface area contributed by atoms with Gasteiger partial charge < -0.3 is 0 Å². The first kappa shape index (κ1) is 56.9. The maximum atomic E-state index is 11.4. The van der Waals surface area contributed by atoms with Gasteiger partial charge in [0.05, 0.1) is 0 Å². The number of benzene rings is 10. The van der Waals surface area contributed by atoms with Crippen molar-refractivity contribution in [3.63, 3.8) is 0 Å². The van der Waals surface area contributed by atoms with Gasteiger partial charge in [-0.3, -0.25) is 0 Å². The van der Waals surface area contributed by atoms with E-state index in [-0.39, 0.29) is 14.5 Å². The SMILES string of the molecule is CC1=Cc2c(-c3ccccc3)cccc2[CH]1[Zr]([CH3])([CH3])([CH]1C(C)=Cc2c(-c3ccccc3)cccc21)([GeH]([CH3])[CH3])[Zr]([Cl])([Cl])([CH]1C(C)=Cc2c(-c3cccc4ccccc34)cccc21)([CH]1C(C)=Cc2c(-c3cccc4ccccc34)cccc21)[GeH]([CH3])[CH3]. The number of allylic oxidation sites excluding steroid dienone is 4. The van der Waals surface area contributed by atoms with Crippen LogP contribution >= 0.6 is 17.0 Å². The van der Waals surface area contributed by atoms with Gasteiger partial charge in [0.1, 0.15) is 0 Å². The van der Waals surface area contributed by atoms with Crippen molar-refractivity contribution in [2.45, 2.75) is 74.5 Å². The Labute approximate surface area is 499 Å². The van der Waals surface area contributed by atoms with E-state index in [4.69, 9.17) is 0 Å². The molecule has 10 aromatic rings. The molecule has 0 nitrogen and oxygen atoms in total. The molecule has 0 radical (unpaired) electrons. The van der Waals surface area contributed by atoms with Crippen LogP contribution in [0.2, 0.25) is 32.3 Å². The summed E-state index contributed by atoms with van der Waals surface area (Å²) in [6, 6.07) is 83.2. The van der Waals surface area contributed by atoms with Crippen LogP contribution in [0.5, 0.6) is 0 Å². The fourth-order valence-electron chi connectivity index (χ4n) is 21.2. The molecule has 0 fully saturated rings. The third-order valence-electron chi connectivity index (χ3n) is 24.8. The van der Waals surface area contributed by atoms with E-state index in [1.54, 1.807) is 0 Å². The molecule has 0 N–H and O–H groups in total. The Hall–Kier alpha value is -4.89. The zero-order valence-corrected chi connectivity index (χ0v) is 61.6.